The van der Waals surface area contributed by atoms with Crippen LogP contribution in [0.15, 0.2) is 101 Å². The Labute approximate surface area is 282 Å². The monoisotopic (exact) mass is 673 g/mol. The second-order valence-electron chi connectivity index (χ2n) is 10.8. The molecule has 2 atom stereocenters. The first kappa shape index (κ1) is 33.6. The number of amides is 1. The van der Waals surface area contributed by atoms with E-state index in [0.717, 1.165) is 5.56 Å². The maximum Gasteiger partial charge on any atom is 0.252 e. The molecule has 0 fully saturated rings. The molecule has 0 radical (unpaired) electrons. The highest BCUT2D eigenvalue weighted by atomic mass is 35.5. The maximum atomic E-state index is 14.6. The Morgan fingerprint density at radius 3 is 2.60 bits per heavy atom. The van der Waals surface area contributed by atoms with E-state index in [0.29, 0.717) is 63.4 Å². The molecule has 2 N–H and O–H groups in total. The first-order chi connectivity index (χ1) is 22.9. The normalized spacial score (nSPS) is 16.9. The number of carbonyl (C=O) groups excluding carboxylic acids is 1. The van der Waals surface area contributed by atoms with Crippen molar-refractivity contribution in [2.45, 2.75) is 30.9 Å². The molecule has 0 saturated carbocycles. The summed E-state index contributed by atoms with van der Waals surface area (Å²) in [7, 11) is 1.57. The third-order valence-corrected chi connectivity index (χ3v) is 8.31. The number of hydrogen-bond acceptors (Lipinski definition) is 7. The van der Waals surface area contributed by atoms with Crippen LogP contribution in [0.25, 0.3) is 10.4 Å². The van der Waals surface area contributed by atoms with Crippen LogP contribution >= 0.6 is 23.2 Å². The fourth-order valence-electron chi connectivity index (χ4n) is 5.37. The third kappa shape index (κ3) is 7.99. The molecular weight excluding hydrogens is 641 g/mol. The predicted molar refractivity (Wildman–Crippen MR) is 182 cm³/mol. The average molecular weight is 675 g/mol. The number of halogens is 2. The summed E-state index contributed by atoms with van der Waals surface area (Å²) in [6.45, 7) is 0.671. The Bertz CT molecular complexity index is 1800. The van der Waals surface area contributed by atoms with Gasteiger partial charge in [-0.25, -0.2) is 4.99 Å². The molecule has 4 aromatic carbocycles. The number of nitrogens with zero attached hydrogens (tertiary/aromatic N) is 4. The zero-order chi connectivity index (χ0) is 33.2. The van der Waals surface area contributed by atoms with Crippen LogP contribution in [0.4, 0.5) is 5.69 Å². The first-order valence-corrected chi connectivity index (χ1v) is 15.7. The molecule has 4 aromatic rings. The summed E-state index contributed by atoms with van der Waals surface area (Å²) in [5.74, 6) is 1.09. The molecule has 1 aliphatic heterocycles. The number of aliphatic hydroxyl groups is 1. The summed E-state index contributed by atoms with van der Waals surface area (Å²) in [5.41, 5.74) is 10.9. The van der Waals surface area contributed by atoms with Gasteiger partial charge < -0.3 is 24.6 Å². The zero-order valence-corrected chi connectivity index (χ0v) is 27.1. The Morgan fingerprint density at radius 2 is 1.85 bits per heavy atom. The molecule has 1 amide bonds. The molecule has 47 heavy (non-hydrogen) atoms. The van der Waals surface area contributed by atoms with Gasteiger partial charge in [0.15, 0.2) is 11.6 Å². The van der Waals surface area contributed by atoms with Crippen molar-refractivity contribution in [3.63, 3.8) is 0 Å². The fourth-order valence-corrected chi connectivity index (χ4v) is 5.87. The van der Waals surface area contributed by atoms with Gasteiger partial charge in [0.25, 0.3) is 5.91 Å². The van der Waals surface area contributed by atoms with Crippen LogP contribution in [0.3, 0.4) is 0 Å². The van der Waals surface area contributed by atoms with Crippen LogP contribution < -0.4 is 14.8 Å². The second kappa shape index (κ2) is 15.7. The van der Waals surface area contributed by atoms with E-state index in [-0.39, 0.29) is 31.4 Å². The van der Waals surface area contributed by atoms with Gasteiger partial charge in [-0.15, -0.1) is 0 Å². The largest absolute Gasteiger partial charge is 0.497 e. The number of hydrogen-bond donors (Lipinski definition) is 2. The molecule has 0 aliphatic carbocycles. The standard InChI is InChI=1S/C35H33Cl2N5O5/c1-45-29-8-4-7-25(20-29)32-35(22-26-6-2-3-9-31(26)41-42-38,34(44)39-17-16-23-10-13-27(36)21-30(23)37)40-33(47-32)24-11-14-28(15-12-24)46-19-5-18-43/h2-4,6-15,20-21,32,43H,5,16-19,22H2,1H3,(H,39,44)/t32-,35-/m1/s1. The molecular formula is C35H33Cl2N5O5. The number of benzene rings is 4. The van der Waals surface area contributed by atoms with Crippen molar-refractivity contribution in [2.75, 3.05) is 26.9 Å². The SMILES string of the molecule is COc1cccc([C@H]2OC(c3ccc(OCCCO)cc3)=N[C@@]2(Cc2ccccc2N=[N+]=[N-])C(=O)NCCc2ccc(Cl)cc2Cl)c1. The molecule has 0 bridgehead atoms. The van der Waals surface area contributed by atoms with E-state index in [1.54, 1.807) is 61.7 Å². The molecule has 242 valence electrons. The van der Waals surface area contributed by atoms with Gasteiger partial charge in [-0.05, 0) is 77.2 Å². The quantitative estimate of drug-likeness (QED) is 0.0615. The van der Waals surface area contributed by atoms with Gasteiger partial charge in [0, 0.05) is 52.2 Å². The third-order valence-electron chi connectivity index (χ3n) is 7.73. The van der Waals surface area contributed by atoms with E-state index in [2.05, 4.69) is 15.3 Å². The number of methoxy groups -OCH3 is 1. The second-order valence-corrected chi connectivity index (χ2v) is 11.6. The van der Waals surface area contributed by atoms with Crippen molar-refractivity contribution >= 4 is 40.7 Å². The van der Waals surface area contributed by atoms with E-state index >= 15 is 0 Å². The minimum absolute atomic E-state index is 0.0358. The van der Waals surface area contributed by atoms with E-state index in [1.165, 1.54) is 0 Å². The summed E-state index contributed by atoms with van der Waals surface area (Å²) >= 11 is 12.5. The average Bonchev–Trinajstić information content (AvgIpc) is 3.47. The van der Waals surface area contributed by atoms with Gasteiger partial charge in [0.05, 0.1) is 13.7 Å². The molecule has 0 unspecified atom stereocenters. The number of nitrogens with one attached hydrogen (secondary N) is 1. The minimum Gasteiger partial charge on any atom is -0.497 e. The Hall–Kier alpha value is -4.73. The lowest BCUT2D eigenvalue weighted by Crippen LogP contribution is -2.50. The Morgan fingerprint density at radius 1 is 1.04 bits per heavy atom. The zero-order valence-electron chi connectivity index (χ0n) is 25.6. The van der Waals surface area contributed by atoms with Crippen LogP contribution in [0.5, 0.6) is 11.5 Å². The molecule has 0 spiro atoms. The van der Waals surface area contributed by atoms with Crippen LogP contribution in [-0.4, -0.2) is 49.3 Å². The minimum atomic E-state index is -1.52. The highest BCUT2D eigenvalue weighted by molar-refractivity contribution is 6.35. The first-order valence-electron chi connectivity index (χ1n) is 15.0. The van der Waals surface area contributed by atoms with E-state index < -0.39 is 11.6 Å². The molecule has 10 nitrogen and oxygen atoms in total. The summed E-state index contributed by atoms with van der Waals surface area (Å²) in [6.07, 6.45) is 0.139. The van der Waals surface area contributed by atoms with Gasteiger partial charge in [0.2, 0.25) is 5.90 Å². The molecule has 5 rings (SSSR count). The van der Waals surface area contributed by atoms with Crippen molar-refractivity contribution in [1.29, 1.82) is 0 Å². The lowest BCUT2D eigenvalue weighted by molar-refractivity contribution is -0.128. The van der Waals surface area contributed by atoms with E-state index in [4.69, 9.17) is 47.5 Å². The summed E-state index contributed by atoms with van der Waals surface area (Å²) in [6, 6.07) is 26.8. The number of ether oxygens (including phenoxy) is 3. The van der Waals surface area contributed by atoms with Crippen molar-refractivity contribution < 1.29 is 24.1 Å². The summed E-state index contributed by atoms with van der Waals surface area (Å²) in [4.78, 5) is 22.6. The van der Waals surface area contributed by atoms with E-state index in [9.17, 15) is 10.3 Å². The molecule has 1 aliphatic rings. The van der Waals surface area contributed by atoms with Gasteiger partial charge in [0.1, 0.15) is 11.5 Å². The number of aliphatic imine (C=N–C) groups is 1. The fraction of sp³-hybridized carbons (Fsp3) is 0.257. The Kier molecular flexibility index (Phi) is 11.2. The number of rotatable bonds is 14. The molecule has 1 heterocycles. The number of carbonyl (C=O) groups is 1. The summed E-state index contributed by atoms with van der Waals surface area (Å²) in [5, 5.41) is 17.1. The topological polar surface area (TPSA) is 138 Å². The highest BCUT2D eigenvalue weighted by Crippen LogP contribution is 2.44. The number of azide groups is 1. The lowest BCUT2D eigenvalue weighted by Gasteiger charge is -2.31. The Balaban J connectivity index is 1.57. The van der Waals surface area contributed by atoms with Crippen molar-refractivity contribution in [3.05, 3.63) is 134 Å². The smallest absolute Gasteiger partial charge is 0.252 e. The lowest BCUT2D eigenvalue weighted by atomic mass is 9.81. The molecule has 0 saturated heterocycles. The van der Waals surface area contributed by atoms with Crippen LogP contribution in [0, 0.1) is 0 Å². The van der Waals surface area contributed by atoms with Crippen molar-refractivity contribution in [3.8, 4) is 11.5 Å². The molecule has 0 aromatic heterocycles. The van der Waals surface area contributed by atoms with E-state index in [1.807, 2.05) is 36.4 Å². The van der Waals surface area contributed by atoms with Crippen LogP contribution in [-0.2, 0) is 22.4 Å². The van der Waals surface area contributed by atoms with Gasteiger partial charge in [-0.3, -0.25) is 4.79 Å². The van der Waals surface area contributed by atoms with Crippen LogP contribution in [0.1, 0.15) is 34.8 Å². The maximum absolute atomic E-state index is 14.6. The number of aliphatic hydroxyl groups excluding tert-OH is 1. The molecule has 12 heteroatoms. The van der Waals surface area contributed by atoms with Gasteiger partial charge in [-0.2, -0.15) is 0 Å². The van der Waals surface area contributed by atoms with Gasteiger partial charge in [-0.1, -0.05) is 70.8 Å². The highest BCUT2D eigenvalue weighted by Gasteiger charge is 2.53. The predicted octanol–water partition coefficient (Wildman–Crippen LogP) is 7.56. The van der Waals surface area contributed by atoms with Crippen molar-refractivity contribution in [1.82, 2.24) is 5.32 Å². The van der Waals surface area contributed by atoms with Crippen LogP contribution in [0.2, 0.25) is 10.0 Å². The van der Waals surface area contributed by atoms with Crippen molar-refractivity contribution in [2.24, 2.45) is 10.1 Å². The summed E-state index contributed by atoms with van der Waals surface area (Å²) < 4.78 is 17.8. The van der Waals surface area contributed by atoms with Gasteiger partial charge >= 0.3 is 0 Å².